The van der Waals surface area contributed by atoms with Gasteiger partial charge in [0.2, 0.25) is 0 Å². The molecule has 5 nitrogen and oxygen atoms in total. The summed E-state index contributed by atoms with van der Waals surface area (Å²) >= 11 is 5.70. The first-order valence-corrected chi connectivity index (χ1v) is 9.47. The second-order valence-electron chi connectivity index (χ2n) is 4.36. The molecule has 0 radical (unpaired) electrons. The third kappa shape index (κ3) is 3.76. The maximum Gasteiger partial charge on any atom is 0.339 e. The van der Waals surface area contributed by atoms with Gasteiger partial charge in [0.15, 0.2) is 15.6 Å². The minimum Gasteiger partial charge on any atom is -0.377 e. The lowest BCUT2D eigenvalue weighted by Gasteiger charge is -2.09. The molecule has 0 N–H and O–H groups in total. The molecule has 0 atom stereocenters. The van der Waals surface area contributed by atoms with E-state index in [0.29, 0.717) is 0 Å². The highest BCUT2D eigenvalue weighted by atomic mass is 35.5. The molecule has 0 aliphatic heterocycles. The van der Waals surface area contributed by atoms with Gasteiger partial charge >= 0.3 is 10.1 Å². The summed E-state index contributed by atoms with van der Waals surface area (Å²) in [5, 5.41) is -0.220. The molecule has 0 spiro atoms. The summed E-state index contributed by atoms with van der Waals surface area (Å²) in [7, 11) is -7.87. The molecule has 2 aromatic rings. The molecule has 0 saturated carbocycles. The molecule has 0 saturated heterocycles. The monoisotopic (exact) mass is 364 g/mol. The van der Waals surface area contributed by atoms with Crippen molar-refractivity contribution in [1.29, 1.82) is 0 Å². The molecule has 0 amide bonds. The van der Waals surface area contributed by atoms with E-state index in [9.17, 15) is 21.2 Å². The van der Waals surface area contributed by atoms with Crippen LogP contribution in [0.1, 0.15) is 0 Å². The van der Waals surface area contributed by atoms with Crippen molar-refractivity contribution in [2.24, 2.45) is 0 Å². The van der Waals surface area contributed by atoms with Crippen molar-refractivity contribution in [2.45, 2.75) is 9.79 Å². The first-order chi connectivity index (χ1) is 10.1. The third-order valence-electron chi connectivity index (χ3n) is 2.62. The van der Waals surface area contributed by atoms with E-state index in [1.807, 2.05) is 0 Å². The standard InChI is InChI=1S/C13H10ClFO5S2/c1-21(16,17)10-3-2-4-11(8-10)22(18,19)20-13-6-5-9(15)7-12(13)14/h2-8H,1H3. The van der Waals surface area contributed by atoms with Crippen LogP contribution in [0.3, 0.4) is 0 Å². The van der Waals surface area contributed by atoms with Gasteiger partial charge in [-0.05, 0) is 36.4 Å². The average molecular weight is 365 g/mol. The number of rotatable bonds is 4. The number of halogens is 2. The van der Waals surface area contributed by atoms with Gasteiger partial charge in [-0.1, -0.05) is 17.7 Å². The molecule has 0 heterocycles. The van der Waals surface area contributed by atoms with Crippen LogP contribution in [0.25, 0.3) is 0 Å². The molecule has 2 aromatic carbocycles. The van der Waals surface area contributed by atoms with E-state index in [1.165, 1.54) is 18.2 Å². The Morgan fingerprint density at radius 3 is 2.23 bits per heavy atom. The molecule has 22 heavy (non-hydrogen) atoms. The Morgan fingerprint density at radius 1 is 1.00 bits per heavy atom. The first kappa shape index (κ1) is 16.7. The third-order valence-corrected chi connectivity index (χ3v) is 5.25. The van der Waals surface area contributed by atoms with Gasteiger partial charge < -0.3 is 4.18 Å². The Labute approximate surface area is 132 Å². The van der Waals surface area contributed by atoms with Crippen molar-refractivity contribution in [3.05, 3.63) is 53.3 Å². The predicted octanol–water partition coefficient (Wildman–Crippen LogP) is 2.65. The Kier molecular flexibility index (Phi) is 4.46. The van der Waals surface area contributed by atoms with Gasteiger partial charge in [-0.25, -0.2) is 12.8 Å². The fourth-order valence-corrected chi connectivity index (χ4v) is 3.56. The van der Waals surface area contributed by atoms with Crippen molar-refractivity contribution >= 4 is 31.6 Å². The maximum absolute atomic E-state index is 12.9. The lowest BCUT2D eigenvalue weighted by Crippen LogP contribution is -2.11. The first-order valence-electron chi connectivity index (χ1n) is 5.79. The summed E-state index contributed by atoms with van der Waals surface area (Å²) in [6.07, 6.45) is 0.955. The van der Waals surface area contributed by atoms with Gasteiger partial charge in [0.25, 0.3) is 0 Å². The average Bonchev–Trinajstić information content (AvgIpc) is 2.41. The predicted molar refractivity (Wildman–Crippen MR) is 78.8 cm³/mol. The van der Waals surface area contributed by atoms with Crippen molar-refractivity contribution in [3.8, 4) is 5.75 Å². The van der Waals surface area contributed by atoms with Crippen LogP contribution in [0.15, 0.2) is 52.3 Å². The van der Waals surface area contributed by atoms with Crippen molar-refractivity contribution in [2.75, 3.05) is 6.26 Å². The van der Waals surface area contributed by atoms with Gasteiger partial charge in [-0.15, -0.1) is 0 Å². The summed E-state index contributed by atoms with van der Waals surface area (Å²) in [5.74, 6) is -0.901. The number of benzene rings is 2. The molecule has 118 valence electrons. The summed E-state index contributed by atoms with van der Waals surface area (Å²) in [4.78, 5) is -0.516. The summed E-state index contributed by atoms with van der Waals surface area (Å²) in [5.41, 5.74) is 0. The van der Waals surface area contributed by atoms with Crippen LogP contribution in [0, 0.1) is 5.82 Å². The van der Waals surface area contributed by atoms with Crippen molar-refractivity contribution in [3.63, 3.8) is 0 Å². The van der Waals surface area contributed by atoms with Gasteiger partial charge in [0, 0.05) is 6.26 Å². The second-order valence-corrected chi connectivity index (χ2v) is 8.33. The molecule has 0 bridgehead atoms. The molecular formula is C13H10ClFO5S2. The van der Waals surface area contributed by atoms with E-state index in [1.54, 1.807) is 0 Å². The van der Waals surface area contributed by atoms with E-state index >= 15 is 0 Å². The van der Waals surface area contributed by atoms with E-state index in [2.05, 4.69) is 0 Å². The van der Waals surface area contributed by atoms with E-state index in [0.717, 1.165) is 30.5 Å². The quantitative estimate of drug-likeness (QED) is 0.779. The second kappa shape index (κ2) is 5.86. The lowest BCUT2D eigenvalue weighted by molar-refractivity contribution is 0.485. The number of hydrogen-bond acceptors (Lipinski definition) is 5. The normalized spacial score (nSPS) is 12.1. The SMILES string of the molecule is CS(=O)(=O)c1cccc(S(=O)(=O)Oc2ccc(F)cc2Cl)c1. The molecule has 2 rings (SSSR count). The van der Waals surface area contributed by atoms with Crippen molar-refractivity contribution < 1.29 is 25.4 Å². The molecule has 0 aromatic heterocycles. The zero-order valence-corrected chi connectivity index (χ0v) is 13.5. The zero-order valence-electron chi connectivity index (χ0n) is 11.2. The maximum atomic E-state index is 12.9. The Balaban J connectivity index is 2.43. The van der Waals surface area contributed by atoms with Crippen LogP contribution in [-0.2, 0) is 20.0 Å². The fourth-order valence-electron chi connectivity index (χ4n) is 1.57. The summed E-state index contributed by atoms with van der Waals surface area (Å²) < 4.78 is 65.0. The Bertz CT molecular complexity index is 923. The molecular weight excluding hydrogens is 355 g/mol. The van der Waals surface area contributed by atoms with Crippen LogP contribution in [0.5, 0.6) is 5.75 Å². The van der Waals surface area contributed by atoms with Gasteiger partial charge in [-0.3, -0.25) is 0 Å². The largest absolute Gasteiger partial charge is 0.377 e. The van der Waals surface area contributed by atoms with E-state index in [-0.39, 0.29) is 20.6 Å². The smallest absolute Gasteiger partial charge is 0.339 e. The summed E-state index contributed by atoms with van der Waals surface area (Å²) in [6.45, 7) is 0. The Morgan fingerprint density at radius 2 is 1.64 bits per heavy atom. The van der Waals surface area contributed by atoms with Crippen molar-refractivity contribution in [1.82, 2.24) is 0 Å². The van der Waals surface area contributed by atoms with Gasteiger partial charge in [0.1, 0.15) is 10.7 Å². The van der Waals surface area contributed by atoms with Gasteiger partial charge in [0.05, 0.1) is 9.92 Å². The number of hydrogen-bond donors (Lipinski definition) is 0. The minimum absolute atomic E-state index is 0.164. The van der Waals surface area contributed by atoms with Gasteiger partial charge in [-0.2, -0.15) is 8.42 Å². The highest BCUT2D eigenvalue weighted by Crippen LogP contribution is 2.28. The van der Waals surface area contributed by atoms with E-state index in [4.69, 9.17) is 15.8 Å². The summed E-state index contributed by atoms with van der Waals surface area (Å²) in [6, 6.07) is 7.65. The highest BCUT2D eigenvalue weighted by molar-refractivity contribution is 7.90. The van der Waals surface area contributed by atoms with Crippen LogP contribution in [-0.4, -0.2) is 23.1 Å². The van der Waals surface area contributed by atoms with Crippen LogP contribution >= 0.6 is 11.6 Å². The molecule has 0 unspecified atom stereocenters. The molecule has 0 aliphatic carbocycles. The van der Waals surface area contributed by atoms with Crippen LogP contribution in [0.4, 0.5) is 4.39 Å². The molecule has 0 fully saturated rings. The van der Waals surface area contributed by atoms with Crippen LogP contribution < -0.4 is 4.18 Å². The molecule has 0 aliphatic rings. The number of sulfone groups is 1. The van der Waals surface area contributed by atoms with E-state index < -0.39 is 25.8 Å². The lowest BCUT2D eigenvalue weighted by atomic mass is 10.3. The zero-order chi connectivity index (χ0) is 16.5. The minimum atomic E-state index is -4.30. The molecule has 9 heteroatoms. The van der Waals surface area contributed by atoms with Crippen LogP contribution in [0.2, 0.25) is 5.02 Å². The topological polar surface area (TPSA) is 77.5 Å². The highest BCUT2D eigenvalue weighted by Gasteiger charge is 2.20. The Hall–Kier alpha value is -1.64. The fraction of sp³-hybridized carbons (Fsp3) is 0.0769.